The molecule has 0 saturated heterocycles. The summed E-state index contributed by atoms with van der Waals surface area (Å²) < 4.78 is 7.68. The van der Waals surface area contributed by atoms with Gasteiger partial charge in [-0.3, -0.25) is 4.79 Å². The fourth-order valence-corrected chi connectivity index (χ4v) is 2.73. The first-order valence-corrected chi connectivity index (χ1v) is 6.65. The van der Waals surface area contributed by atoms with Crippen LogP contribution in [0.3, 0.4) is 0 Å². The van der Waals surface area contributed by atoms with E-state index in [0.717, 1.165) is 37.4 Å². The van der Waals surface area contributed by atoms with Gasteiger partial charge in [0.1, 0.15) is 0 Å². The third kappa shape index (κ3) is 3.01. The largest absolute Gasteiger partial charge is 0.396 e. The van der Waals surface area contributed by atoms with Crippen LogP contribution in [-0.4, -0.2) is 32.9 Å². The summed E-state index contributed by atoms with van der Waals surface area (Å²) in [7, 11) is 0. The maximum atomic E-state index is 11.7. The van der Waals surface area contributed by atoms with Gasteiger partial charge in [-0.2, -0.15) is 8.75 Å². The number of aromatic nitrogens is 2. The molecule has 0 aliphatic heterocycles. The zero-order chi connectivity index (χ0) is 12.1. The fraction of sp³-hybridized carbons (Fsp3) is 0.727. The van der Waals surface area contributed by atoms with E-state index in [4.69, 9.17) is 0 Å². The van der Waals surface area contributed by atoms with Crippen molar-refractivity contribution in [3.63, 3.8) is 0 Å². The number of aliphatic hydroxyl groups is 1. The van der Waals surface area contributed by atoms with Crippen LogP contribution in [0.1, 0.15) is 42.6 Å². The number of aliphatic hydroxyl groups excluding tert-OH is 1. The van der Waals surface area contributed by atoms with Gasteiger partial charge in [-0.25, -0.2) is 0 Å². The average Bonchev–Trinajstić information content (AvgIpc) is 2.91. The molecule has 0 aromatic carbocycles. The summed E-state index contributed by atoms with van der Waals surface area (Å²) in [4.78, 5) is 11.7. The minimum Gasteiger partial charge on any atom is -0.396 e. The Bertz CT molecular complexity index is 361. The van der Waals surface area contributed by atoms with Gasteiger partial charge in [0, 0.05) is 12.0 Å². The maximum Gasteiger partial charge on any atom is 0.272 e. The molecule has 0 radical (unpaired) electrons. The summed E-state index contributed by atoms with van der Waals surface area (Å²) >= 11 is 1.02. The molecule has 94 valence electrons. The van der Waals surface area contributed by atoms with Crippen LogP contribution in [0.25, 0.3) is 0 Å². The smallest absolute Gasteiger partial charge is 0.272 e. The highest BCUT2D eigenvalue weighted by molar-refractivity contribution is 6.99. The summed E-state index contributed by atoms with van der Waals surface area (Å²) in [6.45, 7) is 0.669. The van der Waals surface area contributed by atoms with Gasteiger partial charge in [0.25, 0.3) is 5.91 Å². The van der Waals surface area contributed by atoms with E-state index < -0.39 is 0 Å². The van der Waals surface area contributed by atoms with Gasteiger partial charge in [0.15, 0.2) is 5.69 Å². The van der Waals surface area contributed by atoms with E-state index in [0.29, 0.717) is 12.2 Å². The first-order chi connectivity index (χ1) is 8.26. The van der Waals surface area contributed by atoms with E-state index in [1.54, 1.807) is 0 Å². The highest BCUT2D eigenvalue weighted by atomic mass is 32.1. The van der Waals surface area contributed by atoms with Gasteiger partial charge in [-0.05, 0) is 12.8 Å². The van der Waals surface area contributed by atoms with E-state index >= 15 is 0 Å². The number of nitrogens with one attached hydrogen (secondary N) is 1. The van der Waals surface area contributed by atoms with E-state index in [2.05, 4.69) is 14.1 Å². The first-order valence-electron chi connectivity index (χ1n) is 5.92. The molecule has 0 unspecified atom stereocenters. The molecular weight excluding hydrogens is 238 g/mol. The molecule has 1 aromatic rings. The second kappa shape index (κ2) is 5.55. The number of rotatable bonds is 4. The molecular formula is C11H17N3O2S. The lowest BCUT2D eigenvalue weighted by Crippen LogP contribution is -2.41. The second-order valence-electron chi connectivity index (χ2n) is 4.69. The number of carbonyl (C=O) groups excluding carboxylic acids is 1. The lowest BCUT2D eigenvalue weighted by molar-refractivity contribution is 0.0716. The summed E-state index contributed by atoms with van der Waals surface area (Å²) in [5, 5.41) is 12.4. The van der Waals surface area contributed by atoms with E-state index in [1.807, 2.05) is 0 Å². The minimum atomic E-state index is -0.197. The molecule has 2 rings (SSSR count). The zero-order valence-electron chi connectivity index (χ0n) is 9.69. The second-order valence-corrected chi connectivity index (χ2v) is 5.25. The molecule has 5 nitrogen and oxygen atoms in total. The SMILES string of the molecule is O=C(NCC1(CO)CCCCC1)c1cnsn1. The molecule has 6 heteroatoms. The van der Waals surface area contributed by atoms with Crippen LogP contribution in [0.5, 0.6) is 0 Å². The van der Waals surface area contributed by atoms with Crippen molar-refractivity contribution in [2.45, 2.75) is 32.1 Å². The number of carbonyl (C=O) groups is 1. The van der Waals surface area contributed by atoms with E-state index in [9.17, 15) is 9.90 Å². The predicted octanol–water partition coefficient (Wildman–Crippen LogP) is 1.21. The van der Waals surface area contributed by atoms with Crippen LogP contribution in [0.15, 0.2) is 6.20 Å². The Hall–Kier alpha value is -1.01. The van der Waals surface area contributed by atoms with Crippen molar-refractivity contribution in [2.75, 3.05) is 13.2 Å². The van der Waals surface area contributed by atoms with Crippen LogP contribution >= 0.6 is 11.7 Å². The Labute approximate surface area is 105 Å². The van der Waals surface area contributed by atoms with Crippen LogP contribution < -0.4 is 5.32 Å². The number of hydrogen-bond acceptors (Lipinski definition) is 5. The number of amides is 1. The van der Waals surface area contributed by atoms with Gasteiger partial charge in [-0.15, -0.1) is 0 Å². The summed E-state index contributed by atoms with van der Waals surface area (Å²) in [6, 6.07) is 0. The molecule has 1 saturated carbocycles. The van der Waals surface area contributed by atoms with Crippen molar-refractivity contribution >= 4 is 17.6 Å². The molecule has 1 amide bonds. The monoisotopic (exact) mass is 255 g/mol. The lowest BCUT2D eigenvalue weighted by Gasteiger charge is -2.35. The van der Waals surface area contributed by atoms with Crippen molar-refractivity contribution in [1.29, 1.82) is 0 Å². The molecule has 2 N–H and O–H groups in total. The summed E-state index contributed by atoms with van der Waals surface area (Å²) in [6.07, 6.45) is 6.93. The standard InChI is InChI=1S/C11H17N3O2S/c15-8-11(4-2-1-3-5-11)7-12-10(16)9-6-13-17-14-9/h6,15H,1-5,7-8H2,(H,12,16). The van der Waals surface area contributed by atoms with Gasteiger partial charge in [0.05, 0.1) is 24.5 Å². The molecule has 0 spiro atoms. The number of nitrogens with zero attached hydrogens (tertiary/aromatic N) is 2. The molecule has 0 bridgehead atoms. The van der Waals surface area contributed by atoms with Crippen molar-refractivity contribution in [2.24, 2.45) is 5.41 Å². The number of hydrogen-bond donors (Lipinski definition) is 2. The van der Waals surface area contributed by atoms with Gasteiger partial charge in [-0.1, -0.05) is 19.3 Å². The highest BCUT2D eigenvalue weighted by Gasteiger charge is 2.31. The maximum absolute atomic E-state index is 11.7. The van der Waals surface area contributed by atoms with Crippen molar-refractivity contribution in [3.05, 3.63) is 11.9 Å². The Balaban J connectivity index is 1.89. The Morgan fingerprint density at radius 2 is 2.24 bits per heavy atom. The Morgan fingerprint density at radius 3 is 2.82 bits per heavy atom. The lowest BCUT2D eigenvalue weighted by atomic mass is 9.74. The predicted molar refractivity (Wildman–Crippen MR) is 64.8 cm³/mol. The van der Waals surface area contributed by atoms with Crippen molar-refractivity contribution in [3.8, 4) is 0 Å². The minimum absolute atomic E-state index is 0.128. The first kappa shape index (κ1) is 12.4. The summed E-state index contributed by atoms with van der Waals surface area (Å²) in [5.41, 5.74) is 0.232. The third-order valence-corrected chi connectivity index (χ3v) is 3.95. The van der Waals surface area contributed by atoms with Crippen molar-refractivity contribution in [1.82, 2.24) is 14.1 Å². The fourth-order valence-electron chi connectivity index (χ4n) is 2.32. The van der Waals surface area contributed by atoms with Crippen LogP contribution in [-0.2, 0) is 0 Å². The summed E-state index contributed by atoms with van der Waals surface area (Å²) in [5.74, 6) is -0.197. The quantitative estimate of drug-likeness (QED) is 0.848. The normalized spacial score (nSPS) is 18.9. The van der Waals surface area contributed by atoms with Gasteiger partial charge in [0.2, 0.25) is 0 Å². The van der Waals surface area contributed by atoms with E-state index in [1.165, 1.54) is 12.6 Å². The van der Waals surface area contributed by atoms with Crippen molar-refractivity contribution < 1.29 is 9.90 Å². The molecule has 1 aliphatic rings. The Morgan fingerprint density at radius 1 is 1.47 bits per heavy atom. The Kier molecular flexibility index (Phi) is 4.06. The molecule has 1 fully saturated rings. The molecule has 1 heterocycles. The van der Waals surface area contributed by atoms with Gasteiger partial charge < -0.3 is 10.4 Å². The highest BCUT2D eigenvalue weighted by Crippen LogP contribution is 2.35. The average molecular weight is 255 g/mol. The topological polar surface area (TPSA) is 75.1 Å². The molecule has 0 atom stereocenters. The van der Waals surface area contributed by atoms with E-state index in [-0.39, 0.29) is 17.9 Å². The van der Waals surface area contributed by atoms with Crippen LogP contribution in [0.2, 0.25) is 0 Å². The van der Waals surface area contributed by atoms with Crippen LogP contribution in [0.4, 0.5) is 0 Å². The van der Waals surface area contributed by atoms with Crippen LogP contribution in [0, 0.1) is 5.41 Å². The molecule has 1 aliphatic carbocycles. The third-order valence-electron chi connectivity index (χ3n) is 3.47. The molecule has 17 heavy (non-hydrogen) atoms. The zero-order valence-corrected chi connectivity index (χ0v) is 10.5. The molecule has 1 aromatic heterocycles. The van der Waals surface area contributed by atoms with Gasteiger partial charge >= 0.3 is 0 Å².